The van der Waals surface area contributed by atoms with Gasteiger partial charge in [-0.1, -0.05) is 17.4 Å². The van der Waals surface area contributed by atoms with Crippen molar-refractivity contribution >= 4 is 22.3 Å². The molecule has 0 unspecified atom stereocenters. The van der Waals surface area contributed by atoms with Crippen LogP contribution in [0.1, 0.15) is 27.9 Å². The fourth-order valence-corrected chi connectivity index (χ4v) is 2.49. The van der Waals surface area contributed by atoms with Crippen LogP contribution in [0.2, 0.25) is 0 Å². The van der Waals surface area contributed by atoms with Crippen molar-refractivity contribution in [3.63, 3.8) is 0 Å². The Balaban J connectivity index is 2.10. The van der Waals surface area contributed by atoms with Gasteiger partial charge in [0.1, 0.15) is 11.6 Å². The number of aryl methyl sites for hydroxylation is 1. The average molecular weight is 282 g/mol. The number of benzene rings is 1. The van der Waals surface area contributed by atoms with E-state index in [0.717, 1.165) is 6.07 Å². The molecule has 0 atom stereocenters. The molecule has 0 aliphatic carbocycles. The molecule has 3 nitrogen and oxygen atoms in total. The van der Waals surface area contributed by atoms with Crippen molar-refractivity contribution < 1.29 is 13.6 Å². The highest BCUT2D eigenvalue weighted by Gasteiger charge is 2.11. The van der Waals surface area contributed by atoms with Crippen LogP contribution in [-0.2, 0) is 6.54 Å². The monoisotopic (exact) mass is 282 g/mol. The summed E-state index contributed by atoms with van der Waals surface area (Å²) >= 11 is 1.23. The fraction of sp³-hybridized carbons (Fsp3) is 0.231. The van der Waals surface area contributed by atoms with E-state index in [1.807, 2.05) is 0 Å². The summed E-state index contributed by atoms with van der Waals surface area (Å²) in [4.78, 5) is 16.1. The summed E-state index contributed by atoms with van der Waals surface area (Å²) in [6.07, 6.45) is 0. The molecule has 6 heteroatoms. The van der Waals surface area contributed by atoms with Crippen LogP contribution in [0, 0.1) is 18.6 Å². The molecule has 2 rings (SSSR count). The fourth-order valence-electron chi connectivity index (χ4n) is 1.63. The number of anilines is 1. The molecule has 2 aromatic rings. The second-order valence-electron chi connectivity index (χ2n) is 4.08. The number of aromatic nitrogens is 1. The molecule has 19 heavy (non-hydrogen) atoms. The topological polar surface area (TPSA) is 42.0 Å². The maximum Gasteiger partial charge on any atom is 0.183 e. The number of Topliss-reactive ketones (excluding diaryl/α,β-unsaturated/α-hetero) is 1. The lowest BCUT2D eigenvalue weighted by atomic mass is 10.2. The predicted octanol–water partition coefficient (Wildman–Crippen LogP) is 3.54. The molecule has 0 fully saturated rings. The summed E-state index contributed by atoms with van der Waals surface area (Å²) in [7, 11) is 0. The number of hydrogen-bond donors (Lipinski definition) is 1. The van der Waals surface area contributed by atoms with E-state index >= 15 is 0 Å². The minimum atomic E-state index is -0.606. The molecule has 0 bridgehead atoms. The van der Waals surface area contributed by atoms with Gasteiger partial charge in [0.25, 0.3) is 0 Å². The lowest BCUT2D eigenvalue weighted by molar-refractivity contribution is 0.102. The van der Waals surface area contributed by atoms with E-state index in [-0.39, 0.29) is 12.3 Å². The summed E-state index contributed by atoms with van der Waals surface area (Å²) < 4.78 is 26.2. The molecule has 1 aromatic heterocycles. The number of halogens is 2. The van der Waals surface area contributed by atoms with Crippen molar-refractivity contribution in [2.75, 3.05) is 5.32 Å². The summed E-state index contributed by atoms with van der Waals surface area (Å²) in [5.41, 5.74) is 0.998. The lowest BCUT2D eigenvalue weighted by Gasteiger charge is -2.04. The van der Waals surface area contributed by atoms with Crippen LogP contribution < -0.4 is 5.32 Å². The van der Waals surface area contributed by atoms with E-state index in [9.17, 15) is 13.6 Å². The molecular weight excluding hydrogens is 270 g/mol. The van der Waals surface area contributed by atoms with E-state index in [1.54, 1.807) is 6.92 Å². The van der Waals surface area contributed by atoms with Crippen molar-refractivity contribution in [2.24, 2.45) is 0 Å². The number of thiazole rings is 1. The zero-order valence-corrected chi connectivity index (χ0v) is 11.3. The van der Waals surface area contributed by atoms with Gasteiger partial charge in [-0.15, -0.1) is 0 Å². The van der Waals surface area contributed by atoms with Crippen LogP contribution in [0.5, 0.6) is 0 Å². The number of rotatable bonds is 4. The highest BCUT2D eigenvalue weighted by Crippen LogP contribution is 2.23. The first-order valence-corrected chi connectivity index (χ1v) is 6.45. The summed E-state index contributed by atoms with van der Waals surface area (Å²) in [5, 5.41) is 3.48. The molecule has 0 saturated carbocycles. The number of carbonyl (C=O) groups is 1. The molecule has 0 saturated heterocycles. The first-order chi connectivity index (χ1) is 8.97. The highest BCUT2D eigenvalue weighted by atomic mass is 32.1. The molecule has 100 valence electrons. The Labute approximate surface area is 113 Å². The molecule has 0 aliphatic rings. The van der Waals surface area contributed by atoms with Crippen molar-refractivity contribution in [1.29, 1.82) is 0 Å². The quantitative estimate of drug-likeness (QED) is 0.872. The van der Waals surface area contributed by atoms with Gasteiger partial charge in [0.2, 0.25) is 0 Å². The third-order valence-corrected chi connectivity index (χ3v) is 3.78. The molecule has 0 radical (unpaired) electrons. The summed E-state index contributed by atoms with van der Waals surface area (Å²) in [6, 6.07) is 3.42. The van der Waals surface area contributed by atoms with Gasteiger partial charge in [0, 0.05) is 25.1 Å². The van der Waals surface area contributed by atoms with E-state index in [4.69, 9.17) is 0 Å². The zero-order chi connectivity index (χ0) is 14.0. The van der Waals surface area contributed by atoms with Crippen LogP contribution in [0.25, 0.3) is 0 Å². The maximum absolute atomic E-state index is 13.4. The Morgan fingerprint density at radius 2 is 2.16 bits per heavy atom. The number of nitrogens with zero attached hydrogens (tertiary/aromatic N) is 1. The third kappa shape index (κ3) is 3.14. The number of ketones is 1. The lowest BCUT2D eigenvalue weighted by Crippen LogP contribution is -2.01. The van der Waals surface area contributed by atoms with Crippen LogP contribution in [0.15, 0.2) is 18.2 Å². The largest absolute Gasteiger partial charge is 0.357 e. The van der Waals surface area contributed by atoms with E-state index in [1.165, 1.54) is 30.4 Å². The third-order valence-electron chi connectivity index (χ3n) is 2.56. The highest BCUT2D eigenvalue weighted by molar-refractivity contribution is 7.17. The minimum absolute atomic E-state index is 0.0454. The SMILES string of the molecule is CC(=O)c1sc(NCc2ccc(F)cc2F)nc1C. The Morgan fingerprint density at radius 3 is 2.74 bits per heavy atom. The van der Waals surface area contributed by atoms with Crippen LogP contribution in [0.3, 0.4) is 0 Å². The van der Waals surface area contributed by atoms with E-state index in [0.29, 0.717) is 21.3 Å². The first kappa shape index (κ1) is 13.6. The zero-order valence-electron chi connectivity index (χ0n) is 10.5. The van der Waals surface area contributed by atoms with Gasteiger partial charge < -0.3 is 5.32 Å². The Morgan fingerprint density at radius 1 is 1.42 bits per heavy atom. The molecule has 1 aromatic carbocycles. The molecular formula is C13H12F2N2OS. The Kier molecular flexibility index (Phi) is 3.90. The van der Waals surface area contributed by atoms with E-state index in [2.05, 4.69) is 10.3 Å². The second-order valence-corrected chi connectivity index (χ2v) is 5.08. The first-order valence-electron chi connectivity index (χ1n) is 5.63. The standard InChI is InChI=1S/C13H12F2N2OS/c1-7-12(8(2)18)19-13(17-7)16-6-9-3-4-10(14)5-11(9)15/h3-5H,6H2,1-2H3,(H,16,17). The van der Waals surface area contributed by atoms with Gasteiger partial charge in [0.15, 0.2) is 10.9 Å². The summed E-state index contributed by atoms with van der Waals surface area (Å²) in [6.45, 7) is 3.41. The van der Waals surface area contributed by atoms with E-state index < -0.39 is 11.6 Å². The molecule has 0 amide bonds. The van der Waals surface area contributed by atoms with Crippen LogP contribution in [0.4, 0.5) is 13.9 Å². The molecule has 0 aliphatic heterocycles. The van der Waals surface area contributed by atoms with Gasteiger partial charge in [-0.05, 0) is 13.0 Å². The van der Waals surface area contributed by atoms with Gasteiger partial charge in [-0.25, -0.2) is 13.8 Å². The van der Waals surface area contributed by atoms with Crippen molar-refractivity contribution in [2.45, 2.75) is 20.4 Å². The van der Waals surface area contributed by atoms with Crippen molar-refractivity contribution in [3.8, 4) is 0 Å². The number of nitrogens with one attached hydrogen (secondary N) is 1. The maximum atomic E-state index is 13.4. The van der Waals surface area contributed by atoms with Gasteiger partial charge in [-0.2, -0.15) is 0 Å². The predicted molar refractivity (Wildman–Crippen MR) is 70.5 cm³/mol. The Bertz CT molecular complexity index is 625. The molecule has 1 N–H and O–H groups in total. The minimum Gasteiger partial charge on any atom is -0.357 e. The van der Waals surface area contributed by atoms with Crippen LogP contribution >= 0.6 is 11.3 Å². The van der Waals surface area contributed by atoms with Crippen molar-refractivity contribution in [3.05, 3.63) is 46.0 Å². The second kappa shape index (κ2) is 5.44. The van der Waals surface area contributed by atoms with Gasteiger partial charge >= 0.3 is 0 Å². The molecule has 1 heterocycles. The van der Waals surface area contributed by atoms with Crippen molar-refractivity contribution in [1.82, 2.24) is 4.98 Å². The number of hydrogen-bond acceptors (Lipinski definition) is 4. The smallest absolute Gasteiger partial charge is 0.183 e. The average Bonchev–Trinajstić information content (AvgIpc) is 2.69. The van der Waals surface area contributed by atoms with Gasteiger partial charge in [-0.3, -0.25) is 4.79 Å². The van der Waals surface area contributed by atoms with Gasteiger partial charge in [0.05, 0.1) is 10.6 Å². The van der Waals surface area contributed by atoms with Crippen LogP contribution in [-0.4, -0.2) is 10.8 Å². The molecule has 0 spiro atoms. The number of carbonyl (C=O) groups excluding carboxylic acids is 1. The normalized spacial score (nSPS) is 10.5. The Hall–Kier alpha value is -1.82. The summed E-state index contributed by atoms with van der Waals surface area (Å²) in [5.74, 6) is -1.26.